The van der Waals surface area contributed by atoms with Gasteiger partial charge in [-0.05, 0) is 60.3 Å². The Hall–Kier alpha value is -1.17. The summed E-state index contributed by atoms with van der Waals surface area (Å²) in [6.07, 6.45) is 0.800. The monoisotopic (exact) mass is 350 g/mol. The Kier molecular flexibility index (Phi) is 5.19. The predicted molar refractivity (Wildman–Crippen MR) is 90.0 cm³/mol. The van der Waals surface area contributed by atoms with E-state index in [1.165, 1.54) is 22.4 Å². The Morgan fingerprint density at radius 2 is 2.00 bits per heavy atom. The molecule has 0 bridgehead atoms. The van der Waals surface area contributed by atoms with E-state index in [4.69, 9.17) is 5.84 Å². The second-order valence-electron chi connectivity index (χ2n) is 5.43. The molecule has 0 saturated carbocycles. The third kappa shape index (κ3) is 3.36. The van der Waals surface area contributed by atoms with Crippen molar-refractivity contribution < 1.29 is 0 Å². The summed E-state index contributed by atoms with van der Waals surface area (Å²) in [6, 6.07) is 6.56. The van der Waals surface area contributed by atoms with E-state index in [2.05, 4.69) is 65.4 Å². The summed E-state index contributed by atoms with van der Waals surface area (Å²) in [6.45, 7) is 9.22. The van der Waals surface area contributed by atoms with Gasteiger partial charge in [0.2, 0.25) is 0 Å². The van der Waals surface area contributed by atoms with Crippen LogP contribution >= 0.6 is 15.9 Å². The van der Waals surface area contributed by atoms with E-state index in [1.54, 1.807) is 0 Å². The van der Waals surface area contributed by atoms with Gasteiger partial charge >= 0.3 is 0 Å². The Bertz CT molecular complexity index is 633. The molecule has 2 aromatic rings. The summed E-state index contributed by atoms with van der Waals surface area (Å²) in [5.41, 5.74) is 8.92. The van der Waals surface area contributed by atoms with Crippen LogP contribution in [0.15, 0.2) is 22.7 Å². The van der Waals surface area contributed by atoms with Crippen molar-refractivity contribution >= 4 is 15.9 Å². The molecule has 0 radical (unpaired) electrons. The van der Waals surface area contributed by atoms with Crippen molar-refractivity contribution in [1.82, 2.24) is 15.2 Å². The number of rotatable bonds is 5. The average Bonchev–Trinajstić information content (AvgIpc) is 2.75. The van der Waals surface area contributed by atoms with Crippen LogP contribution in [0.2, 0.25) is 0 Å². The van der Waals surface area contributed by atoms with Crippen molar-refractivity contribution in [2.45, 2.75) is 46.7 Å². The van der Waals surface area contributed by atoms with E-state index in [1.807, 2.05) is 11.6 Å². The van der Waals surface area contributed by atoms with Crippen molar-refractivity contribution in [3.8, 4) is 0 Å². The van der Waals surface area contributed by atoms with Crippen LogP contribution < -0.4 is 11.3 Å². The number of halogens is 1. The molecule has 0 amide bonds. The van der Waals surface area contributed by atoms with Gasteiger partial charge in [0.05, 0.1) is 21.9 Å². The van der Waals surface area contributed by atoms with E-state index in [9.17, 15) is 0 Å². The second-order valence-corrected chi connectivity index (χ2v) is 6.22. The molecule has 0 fully saturated rings. The molecule has 1 aromatic heterocycles. The summed E-state index contributed by atoms with van der Waals surface area (Å²) in [4.78, 5) is 0. The summed E-state index contributed by atoms with van der Waals surface area (Å²) in [7, 11) is 0. The van der Waals surface area contributed by atoms with Crippen LogP contribution in [0.3, 0.4) is 0 Å². The van der Waals surface area contributed by atoms with Gasteiger partial charge in [0, 0.05) is 13.0 Å². The first kappa shape index (κ1) is 16.2. The highest BCUT2D eigenvalue weighted by Gasteiger charge is 2.18. The Balaban J connectivity index is 2.33. The third-order valence-corrected chi connectivity index (χ3v) is 5.02. The van der Waals surface area contributed by atoms with Crippen LogP contribution in [0.25, 0.3) is 0 Å². The quantitative estimate of drug-likeness (QED) is 0.642. The maximum Gasteiger partial charge on any atom is 0.0738 e. The number of hydrogen-bond donors (Lipinski definition) is 2. The van der Waals surface area contributed by atoms with E-state index in [-0.39, 0.29) is 6.04 Å². The third-order valence-electron chi connectivity index (χ3n) is 3.98. The first-order chi connectivity index (χ1) is 9.97. The van der Waals surface area contributed by atoms with Gasteiger partial charge in [0.1, 0.15) is 0 Å². The number of benzene rings is 1. The first-order valence-corrected chi connectivity index (χ1v) is 8.02. The highest BCUT2D eigenvalue weighted by Crippen LogP contribution is 2.27. The lowest BCUT2D eigenvalue weighted by molar-refractivity contribution is 0.515. The number of nitrogens with one attached hydrogen (secondary N) is 1. The van der Waals surface area contributed by atoms with Crippen molar-refractivity contribution in [3.05, 3.63) is 50.8 Å². The molecule has 0 aliphatic carbocycles. The van der Waals surface area contributed by atoms with Gasteiger partial charge in [0.15, 0.2) is 0 Å². The zero-order chi connectivity index (χ0) is 15.6. The molecule has 0 aliphatic rings. The van der Waals surface area contributed by atoms with Gasteiger partial charge in [-0.25, -0.2) is 0 Å². The Morgan fingerprint density at radius 3 is 2.57 bits per heavy atom. The van der Waals surface area contributed by atoms with Crippen LogP contribution in [0.1, 0.15) is 41.0 Å². The number of aryl methyl sites for hydroxylation is 4. The topological polar surface area (TPSA) is 55.9 Å². The fraction of sp³-hybridized carbons (Fsp3) is 0.438. The SMILES string of the molecule is CCn1nc(C)c(Br)c1CC(NN)c1ccc(C)c(C)c1. The van der Waals surface area contributed by atoms with Crippen LogP contribution in [0.5, 0.6) is 0 Å². The summed E-state index contributed by atoms with van der Waals surface area (Å²) in [5.74, 6) is 5.79. The molecule has 1 atom stereocenters. The standard InChI is InChI=1S/C16H23BrN4/c1-5-21-15(16(17)12(4)20-21)9-14(19-18)13-7-6-10(2)11(3)8-13/h6-8,14,19H,5,9,18H2,1-4H3. The lowest BCUT2D eigenvalue weighted by Gasteiger charge is -2.18. The van der Waals surface area contributed by atoms with Gasteiger partial charge in [-0.1, -0.05) is 18.2 Å². The molecule has 0 spiro atoms. The van der Waals surface area contributed by atoms with E-state index < -0.39 is 0 Å². The van der Waals surface area contributed by atoms with Gasteiger partial charge in [-0.3, -0.25) is 16.0 Å². The van der Waals surface area contributed by atoms with Crippen LogP contribution in [-0.4, -0.2) is 9.78 Å². The molecule has 1 heterocycles. The first-order valence-electron chi connectivity index (χ1n) is 7.23. The van der Waals surface area contributed by atoms with Gasteiger partial charge < -0.3 is 0 Å². The highest BCUT2D eigenvalue weighted by molar-refractivity contribution is 9.10. The fourth-order valence-corrected chi connectivity index (χ4v) is 2.96. The molecule has 114 valence electrons. The summed E-state index contributed by atoms with van der Waals surface area (Å²) in [5, 5.41) is 4.54. The van der Waals surface area contributed by atoms with Gasteiger partial charge in [0.25, 0.3) is 0 Å². The normalized spacial score (nSPS) is 12.7. The minimum atomic E-state index is 0.0713. The molecule has 1 unspecified atom stereocenters. The Morgan fingerprint density at radius 1 is 1.29 bits per heavy atom. The largest absolute Gasteiger partial charge is 0.271 e. The maximum absolute atomic E-state index is 5.79. The fourth-order valence-electron chi connectivity index (χ4n) is 2.51. The second kappa shape index (κ2) is 6.73. The smallest absolute Gasteiger partial charge is 0.0738 e. The lowest BCUT2D eigenvalue weighted by Crippen LogP contribution is -2.30. The predicted octanol–water partition coefficient (Wildman–Crippen LogP) is 3.34. The van der Waals surface area contributed by atoms with Crippen LogP contribution in [0, 0.1) is 20.8 Å². The van der Waals surface area contributed by atoms with Crippen LogP contribution in [0.4, 0.5) is 0 Å². The van der Waals surface area contributed by atoms with E-state index in [0.29, 0.717) is 0 Å². The molecule has 0 aliphatic heterocycles. The van der Waals surface area contributed by atoms with E-state index >= 15 is 0 Å². The number of hydrazine groups is 1. The molecule has 1 aromatic carbocycles. The minimum absolute atomic E-state index is 0.0713. The molecule has 5 heteroatoms. The van der Waals surface area contributed by atoms with Gasteiger partial charge in [-0.2, -0.15) is 5.10 Å². The lowest BCUT2D eigenvalue weighted by atomic mass is 9.98. The molecule has 3 N–H and O–H groups in total. The zero-order valence-corrected chi connectivity index (χ0v) is 14.7. The maximum atomic E-state index is 5.79. The molecule has 0 saturated heterocycles. The van der Waals surface area contributed by atoms with Crippen molar-refractivity contribution in [2.24, 2.45) is 5.84 Å². The zero-order valence-electron chi connectivity index (χ0n) is 13.1. The molecule has 4 nitrogen and oxygen atoms in total. The molecule has 21 heavy (non-hydrogen) atoms. The Labute approximate surface area is 134 Å². The van der Waals surface area contributed by atoms with Crippen molar-refractivity contribution in [1.29, 1.82) is 0 Å². The number of aromatic nitrogens is 2. The average molecular weight is 351 g/mol. The minimum Gasteiger partial charge on any atom is -0.271 e. The number of nitrogens with zero attached hydrogens (tertiary/aromatic N) is 2. The van der Waals surface area contributed by atoms with Crippen molar-refractivity contribution in [2.75, 3.05) is 0 Å². The van der Waals surface area contributed by atoms with Crippen molar-refractivity contribution in [3.63, 3.8) is 0 Å². The molecular formula is C16H23BrN4. The number of nitrogens with two attached hydrogens (primary N) is 1. The molecule has 2 rings (SSSR count). The molecular weight excluding hydrogens is 328 g/mol. The summed E-state index contributed by atoms with van der Waals surface area (Å²) >= 11 is 3.65. The van der Waals surface area contributed by atoms with E-state index in [0.717, 1.165) is 23.1 Å². The number of hydrogen-bond acceptors (Lipinski definition) is 3. The van der Waals surface area contributed by atoms with Gasteiger partial charge in [-0.15, -0.1) is 0 Å². The van der Waals surface area contributed by atoms with Crippen LogP contribution in [-0.2, 0) is 13.0 Å². The summed E-state index contributed by atoms with van der Waals surface area (Å²) < 4.78 is 3.11. The highest BCUT2D eigenvalue weighted by atomic mass is 79.9.